The van der Waals surface area contributed by atoms with Crippen molar-refractivity contribution in [2.75, 3.05) is 26.4 Å². The predicted octanol–water partition coefficient (Wildman–Crippen LogP) is 17.3. The van der Waals surface area contributed by atoms with Gasteiger partial charge in [0.15, 0.2) is 24.8 Å². The molecule has 0 amide bonds. The molecular weight excluding hydrogens is 1520 g/mol. The van der Waals surface area contributed by atoms with Crippen LogP contribution in [0, 0.1) is 0 Å². The molecule has 117 heavy (non-hydrogen) atoms. The fraction of sp³-hybridized carbons (Fsp3) is 0.912. The van der Waals surface area contributed by atoms with E-state index < -0.39 is 162 Å². The van der Waals surface area contributed by atoms with Crippen molar-refractivity contribution in [3.8, 4) is 0 Å². The van der Waals surface area contributed by atoms with Crippen LogP contribution in [0.2, 0.25) is 0 Å². The van der Waals surface area contributed by atoms with Crippen molar-refractivity contribution in [1.82, 2.24) is 0 Å². The van der Waals surface area contributed by atoms with E-state index in [0.717, 1.165) is 141 Å². The minimum atomic E-state index is -5.81. The zero-order valence-electron chi connectivity index (χ0n) is 73.0. The first-order valence-electron chi connectivity index (χ1n) is 47.1. The van der Waals surface area contributed by atoms with Crippen LogP contribution < -0.4 is 0 Å². The van der Waals surface area contributed by atoms with Gasteiger partial charge < -0.3 is 88.7 Å². The van der Waals surface area contributed by atoms with Gasteiger partial charge in [0.1, 0.15) is 92.6 Å². The molecule has 26 heteroatoms. The van der Waals surface area contributed by atoms with Gasteiger partial charge in [-0.05, 0) is 77.0 Å². The fourth-order valence-electron chi connectivity index (χ4n) is 15.4. The number of phosphoric ester groups is 1. The molecule has 0 bridgehead atoms. The summed E-state index contributed by atoms with van der Waals surface area (Å²) >= 11 is 0. The van der Waals surface area contributed by atoms with Crippen LogP contribution in [0.3, 0.4) is 0 Å². The summed E-state index contributed by atoms with van der Waals surface area (Å²) in [6, 6.07) is 0. The summed E-state index contributed by atoms with van der Waals surface area (Å²) in [7, 11) is -5.81. The highest BCUT2D eigenvalue weighted by atomic mass is 31.2. The minimum absolute atomic E-state index is 0.0135. The smallest absolute Gasteiger partial charge is 0.463 e. The van der Waals surface area contributed by atoms with Crippen molar-refractivity contribution in [1.29, 1.82) is 0 Å². The topological polar surface area (TPSA) is 380 Å². The Bertz CT molecular complexity index is 2530. The molecule has 3 fully saturated rings. The van der Waals surface area contributed by atoms with E-state index in [-0.39, 0.29) is 25.7 Å². The summed E-state index contributed by atoms with van der Waals surface area (Å²) in [4.78, 5) is 66.4. The predicted molar refractivity (Wildman–Crippen MR) is 453 cm³/mol. The summed E-state index contributed by atoms with van der Waals surface area (Å²) in [6.45, 7) is 5.57. The van der Waals surface area contributed by atoms with Gasteiger partial charge in [0, 0.05) is 25.7 Å². The van der Waals surface area contributed by atoms with E-state index in [9.17, 15) is 74.6 Å². The summed E-state index contributed by atoms with van der Waals surface area (Å²) in [6.07, 6.45) is 30.2. The van der Waals surface area contributed by atoms with Crippen molar-refractivity contribution >= 4 is 31.7 Å². The number of allylic oxidation sites excluding steroid dienone is 4. The van der Waals surface area contributed by atoms with E-state index in [2.05, 4.69) is 52.0 Å². The fourth-order valence-corrected chi connectivity index (χ4v) is 16.4. The van der Waals surface area contributed by atoms with Crippen LogP contribution in [0.15, 0.2) is 24.3 Å². The Hall–Kier alpha value is -3.05. The molecule has 0 aromatic heterocycles. The number of esters is 4. The lowest BCUT2D eigenvalue weighted by Gasteiger charge is -2.50. The van der Waals surface area contributed by atoms with E-state index in [1.807, 2.05) is 0 Å². The molecule has 18 atom stereocenters. The van der Waals surface area contributed by atoms with Crippen LogP contribution in [0.5, 0.6) is 0 Å². The molecule has 1 aliphatic carbocycles. The molecule has 2 aliphatic heterocycles. The largest absolute Gasteiger partial charge is 0.472 e. The quantitative estimate of drug-likeness (QED) is 0.00889. The highest BCUT2D eigenvalue weighted by Gasteiger charge is 2.60. The van der Waals surface area contributed by atoms with Crippen LogP contribution in [-0.2, 0) is 70.7 Å². The molecule has 686 valence electrons. The Morgan fingerprint density at radius 1 is 0.333 bits per heavy atom. The van der Waals surface area contributed by atoms with Crippen LogP contribution >= 0.6 is 7.82 Å². The maximum absolute atomic E-state index is 14.9. The second-order valence-electron chi connectivity index (χ2n) is 33.5. The first-order valence-corrected chi connectivity index (χ1v) is 48.6. The van der Waals surface area contributed by atoms with Gasteiger partial charge in [-0.2, -0.15) is 0 Å². The molecule has 3 rings (SSSR count). The van der Waals surface area contributed by atoms with Crippen molar-refractivity contribution in [2.24, 2.45) is 0 Å². The molecule has 0 spiro atoms. The van der Waals surface area contributed by atoms with Gasteiger partial charge in [0.2, 0.25) is 0 Å². The number of aliphatic hydroxyl groups is 9. The van der Waals surface area contributed by atoms with Crippen molar-refractivity contribution < 1.29 is 122 Å². The van der Waals surface area contributed by atoms with Crippen LogP contribution in [0.1, 0.15) is 400 Å². The van der Waals surface area contributed by atoms with Gasteiger partial charge in [0.05, 0.1) is 13.2 Å². The number of ether oxygens (including phenoxy) is 8. The first kappa shape index (κ1) is 108. The number of phosphoric acid groups is 1. The van der Waals surface area contributed by atoms with Gasteiger partial charge in [-0.1, -0.05) is 322 Å². The third kappa shape index (κ3) is 50.5. The molecule has 2 saturated heterocycles. The van der Waals surface area contributed by atoms with E-state index >= 15 is 0 Å². The molecule has 0 aromatic rings. The molecule has 1 saturated carbocycles. The van der Waals surface area contributed by atoms with Gasteiger partial charge >= 0.3 is 31.7 Å². The zero-order valence-corrected chi connectivity index (χ0v) is 73.9. The van der Waals surface area contributed by atoms with E-state index in [4.69, 9.17) is 46.9 Å². The maximum Gasteiger partial charge on any atom is 0.472 e. The molecule has 25 nitrogen and oxygen atoms in total. The molecule has 10 N–H and O–H groups in total. The standard InChI is InChI=1S/C91H167O25P/c1-5-9-13-17-21-25-29-33-36-40-44-48-52-56-60-64-75(94)108-70-73-79(98)81(100)85(104)91(112-73)115-88-86(113-77(96)66-62-58-54-50-46-42-38-35-31-27-23-19-15-11-7-3)82(101)83(102)87(114-90-84(103)80(99)78(97)72(67-92)111-90)89(88)116-117(105,106)109-69-71(68-107-74(93)63-59-55-51-47-43-39-32-28-24-20-16-12-8-4)110-76(95)65-61-57-53-49-45-41-37-34-30-26-22-18-14-10-6-2/h26,30,39,43,71-73,78-92,97-104H,5-25,27-29,31-38,40-42,44-70H2,1-4H3,(H,105,106)/b30-26-,43-39-. The third-order valence-corrected chi connectivity index (χ3v) is 23.9. The molecule has 0 radical (unpaired) electrons. The Morgan fingerprint density at radius 2 is 0.641 bits per heavy atom. The van der Waals surface area contributed by atoms with Crippen LogP contribution in [-0.4, -0.2) is 205 Å². The summed E-state index contributed by atoms with van der Waals surface area (Å²) in [5.74, 6) is -2.98. The van der Waals surface area contributed by atoms with Gasteiger partial charge in [0.25, 0.3) is 0 Å². The van der Waals surface area contributed by atoms with Crippen LogP contribution in [0.25, 0.3) is 0 Å². The normalized spacial score (nSPS) is 25.1. The van der Waals surface area contributed by atoms with Gasteiger partial charge in [-0.3, -0.25) is 28.2 Å². The highest BCUT2D eigenvalue weighted by Crippen LogP contribution is 2.49. The van der Waals surface area contributed by atoms with Gasteiger partial charge in [-0.25, -0.2) is 4.57 Å². The number of aliphatic hydroxyl groups excluding tert-OH is 9. The average molecular weight is 1690 g/mol. The second kappa shape index (κ2) is 70.3. The Labute approximate surface area is 704 Å². The van der Waals surface area contributed by atoms with E-state index in [1.54, 1.807) is 0 Å². The van der Waals surface area contributed by atoms with Crippen molar-refractivity contribution in [3.63, 3.8) is 0 Å². The number of hydrogen-bond acceptors (Lipinski definition) is 24. The maximum atomic E-state index is 14.9. The van der Waals surface area contributed by atoms with E-state index in [0.29, 0.717) is 38.5 Å². The first-order chi connectivity index (χ1) is 56.7. The van der Waals surface area contributed by atoms with Crippen molar-refractivity contribution in [2.45, 2.75) is 504 Å². The number of hydrogen-bond donors (Lipinski definition) is 10. The number of carbonyl (C=O) groups is 4. The Kier molecular flexibility index (Phi) is 64.9. The van der Waals surface area contributed by atoms with Crippen molar-refractivity contribution in [3.05, 3.63) is 24.3 Å². The van der Waals surface area contributed by atoms with Gasteiger partial charge in [-0.15, -0.1) is 0 Å². The lowest BCUT2D eigenvalue weighted by atomic mass is 9.84. The number of carbonyl (C=O) groups excluding carboxylic acids is 4. The minimum Gasteiger partial charge on any atom is -0.463 e. The van der Waals surface area contributed by atoms with Crippen LogP contribution in [0.4, 0.5) is 0 Å². The number of unbranched alkanes of at least 4 members (excludes halogenated alkanes) is 48. The average Bonchev–Trinajstić information content (AvgIpc) is 0.754. The molecule has 18 unspecified atom stereocenters. The highest BCUT2D eigenvalue weighted by molar-refractivity contribution is 7.47. The Balaban J connectivity index is 1.92. The third-order valence-electron chi connectivity index (χ3n) is 22.9. The lowest BCUT2D eigenvalue weighted by molar-refractivity contribution is -0.360. The number of rotatable bonds is 76. The zero-order chi connectivity index (χ0) is 85.4. The summed E-state index contributed by atoms with van der Waals surface area (Å²) < 4.78 is 73.4. The Morgan fingerprint density at radius 3 is 1.03 bits per heavy atom. The second-order valence-corrected chi connectivity index (χ2v) is 34.9. The lowest BCUT2D eigenvalue weighted by Crippen LogP contribution is -2.70. The summed E-state index contributed by atoms with van der Waals surface area (Å²) in [5, 5.41) is 102. The molecule has 0 aromatic carbocycles. The summed E-state index contributed by atoms with van der Waals surface area (Å²) in [5.41, 5.74) is 0. The monoisotopic (exact) mass is 1690 g/mol. The molecule has 3 aliphatic rings. The molecular formula is C91H167O25P. The molecule has 2 heterocycles. The SMILES string of the molecule is CCCCCC/C=C\CCCCCCCCCC(=O)OC(COC(=O)CCCCC/C=C\CCCCCCCC)COP(=O)(O)OC1C(OC2OC(CO)C(O)C(O)C2O)C(O)C(O)C(OC(=O)CCCCCCCCCCCCCCCCC)C1OC1OC(COC(=O)CCCCCCCCCCCCCCCCC)C(O)C(O)C1O. The van der Waals surface area contributed by atoms with E-state index in [1.165, 1.54) is 167 Å².